The summed E-state index contributed by atoms with van der Waals surface area (Å²) in [5.74, 6) is 0.528. The quantitative estimate of drug-likeness (QED) is 0.350. The van der Waals surface area contributed by atoms with Gasteiger partial charge in [-0.2, -0.15) is 0 Å². The third kappa shape index (κ3) is 10.8. The number of hydrogen-bond acceptors (Lipinski definition) is 4. The number of ether oxygens (including phenoxy) is 2. The van der Waals surface area contributed by atoms with E-state index in [4.69, 9.17) is 9.47 Å². The minimum Gasteiger partial charge on any atom is -0.430 e. The molecule has 0 saturated heterocycles. The number of carbonyl (C=O) groups excluding carboxylic acids is 1. The van der Waals surface area contributed by atoms with Gasteiger partial charge in [-0.1, -0.05) is 52.8 Å². The van der Waals surface area contributed by atoms with Crippen molar-refractivity contribution in [2.75, 3.05) is 6.73 Å². The van der Waals surface area contributed by atoms with Crippen LogP contribution < -0.4 is 0 Å². The Labute approximate surface area is 128 Å². The summed E-state index contributed by atoms with van der Waals surface area (Å²) in [6.45, 7) is 10.2. The van der Waals surface area contributed by atoms with Gasteiger partial charge >= 0.3 is 6.16 Å². The standard InChI is InChI=1S/C17H29NO3/c1-6-7-8-9-10-11-12-18-13-20-17(19)21-16(14(2)3)15(4)5/h7-8,10-12,14-16H,6,9,13H2,1-5H3/b8-7-,11-10-,18-12-. The molecule has 0 aliphatic carbocycles. The first-order valence-electron chi connectivity index (χ1n) is 7.62. The van der Waals surface area contributed by atoms with Gasteiger partial charge in [-0.25, -0.2) is 4.79 Å². The van der Waals surface area contributed by atoms with E-state index >= 15 is 0 Å². The zero-order valence-electron chi connectivity index (χ0n) is 13.9. The Hall–Kier alpha value is -1.58. The molecule has 4 heteroatoms. The highest BCUT2D eigenvalue weighted by Crippen LogP contribution is 2.16. The van der Waals surface area contributed by atoms with Crippen LogP contribution in [0.1, 0.15) is 47.5 Å². The monoisotopic (exact) mass is 295 g/mol. The SMILES string of the molecule is CC/C=C\C/C=C\C=N/COC(=O)OC(C(C)C)C(C)C. The Morgan fingerprint density at radius 2 is 1.76 bits per heavy atom. The average Bonchev–Trinajstić information content (AvgIpc) is 2.42. The molecule has 0 aliphatic heterocycles. The Bertz CT molecular complexity index is 349. The van der Waals surface area contributed by atoms with Gasteiger partial charge in [-0.15, -0.1) is 0 Å². The molecule has 0 rings (SSSR count). The van der Waals surface area contributed by atoms with Crippen LogP contribution in [0.25, 0.3) is 0 Å². The smallest absolute Gasteiger partial charge is 0.430 e. The zero-order valence-corrected chi connectivity index (χ0v) is 13.9. The maximum Gasteiger partial charge on any atom is 0.510 e. The largest absolute Gasteiger partial charge is 0.510 e. The molecule has 0 saturated carbocycles. The fourth-order valence-electron chi connectivity index (χ4n) is 1.86. The maximum absolute atomic E-state index is 11.5. The topological polar surface area (TPSA) is 47.9 Å². The average molecular weight is 295 g/mol. The summed E-state index contributed by atoms with van der Waals surface area (Å²) in [4.78, 5) is 15.5. The third-order valence-corrected chi connectivity index (χ3v) is 2.81. The van der Waals surface area contributed by atoms with Gasteiger partial charge in [-0.3, -0.25) is 4.99 Å². The predicted molar refractivity (Wildman–Crippen MR) is 87.6 cm³/mol. The molecule has 0 unspecified atom stereocenters. The van der Waals surface area contributed by atoms with E-state index in [1.165, 1.54) is 0 Å². The molecule has 4 nitrogen and oxygen atoms in total. The lowest BCUT2D eigenvalue weighted by Gasteiger charge is -2.23. The zero-order chi connectivity index (χ0) is 16.1. The summed E-state index contributed by atoms with van der Waals surface area (Å²) in [5.41, 5.74) is 0. The van der Waals surface area contributed by atoms with Crippen molar-refractivity contribution in [3.05, 3.63) is 24.3 Å². The first-order valence-corrected chi connectivity index (χ1v) is 7.62. The molecule has 0 aliphatic rings. The van der Waals surface area contributed by atoms with Crippen LogP contribution >= 0.6 is 0 Å². The second kappa shape index (κ2) is 12.2. The molecular formula is C17H29NO3. The molecule has 0 aromatic heterocycles. The fourth-order valence-corrected chi connectivity index (χ4v) is 1.86. The highest BCUT2D eigenvalue weighted by Gasteiger charge is 2.22. The summed E-state index contributed by atoms with van der Waals surface area (Å²) in [5, 5.41) is 0. The van der Waals surface area contributed by atoms with Crippen molar-refractivity contribution in [3.8, 4) is 0 Å². The molecule has 0 aromatic carbocycles. The minimum absolute atomic E-state index is 0.0170. The normalized spacial score (nSPS) is 12.6. The first kappa shape index (κ1) is 19.4. The van der Waals surface area contributed by atoms with Crippen molar-refractivity contribution in [2.24, 2.45) is 16.8 Å². The Morgan fingerprint density at radius 1 is 1.10 bits per heavy atom. The molecule has 0 aromatic rings. The van der Waals surface area contributed by atoms with Crippen molar-refractivity contribution in [3.63, 3.8) is 0 Å². The van der Waals surface area contributed by atoms with Crippen molar-refractivity contribution in [1.29, 1.82) is 0 Å². The summed E-state index contributed by atoms with van der Waals surface area (Å²) >= 11 is 0. The van der Waals surface area contributed by atoms with Gasteiger partial charge in [0.1, 0.15) is 6.10 Å². The van der Waals surface area contributed by atoms with Gasteiger partial charge in [-0.05, 0) is 30.8 Å². The van der Waals surface area contributed by atoms with E-state index in [1.807, 2.05) is 39.8 Å². The van der Waals surface area contributed by atoms with Crippen LogP contribution in [0, 0.1) is 11.8 Å². The van der Waals surface area contributed by atoms with E-state index in [2.05, 4.69) is 24.1 Å². The van der Waals surface area contributed by atoms with E-state index in [0.717, 1.165) is 12.8 Å². The van der Waals surface area contributed by atoms with Crippen LogP contribution in [0.4, 0.5) is 4.79 Å². The van der Waals surface area contributed by atoms with Gasteiger partial charge in [0.25, 0.3) is 0 Å². The number of carbonyl (C=O) groups is 1. The molecule has 0 amide bonds. The van der Waals surface area contributed by atoms with E-state index in [0.29, 0.717) is 0 Å². The van der Waals surface area contributed by atoms with Crippen molar-refractivity contribution in [1.82, 2.24) is 0 Å². The fraction of sp³-hybridized carbons (Fsp3) is 0.647. The minimum atomic E-state index is -0.658. The maximum atomic E-state index is 11.5. The molecule has 0 bridgehead atoms. The molecular weight excluding hydrogens is 266 g/mol. The van der Waals surface area contributed by atoms with Gasteiger partial charge in [0.05, 0.1) is 0 Å². The van der Waals surface area contributed by atoms with Crippen LogP contribution in [0.15, 0.2) is 29.3 Å². The second-order valence-corrected chi connectivity index (χ2v) is 5.47. The Balaban J connectivity index is 3.90. The number of nitrogens with zero attached hydrogens (tertiary/aromatic N) is 1. The van der Waals surface area contributed by atoms with Gasteiger partial charge in [0, 0.05) is 6.21 Å². The van der Waals surface area contributed by atoms with Gasteiger partial charge < -0.3 is 9.47 Å². The van der Waals surface area contributed by atoms with Crippen LogP contribution in [0.5, 0.6) is 0 Å². The summed E-state index contributed by atoms with van der Waals surface area (Å²) in [6.07, 6.45) is 10.8. The van der Waals surface area contributed by atoms with Crippen LogP contribution in [0.2, 0.25) is 0 Å². The van der Waals surface area contributed by atoms with Gasteiger partial charge in [0.2, 0.25) is 0 Å². The lowest BCUT2D eigenvalue weighted by Crippen LogP contribution is -2.29. The number of hydrogen-bond donors (Lipinski definition) is 0. The van der Waals surface area contributed by atoms with Crippen molar-refractivity contribution in [2.45, 2.75) is 53.6 Å². The van der Waals surface area contributed by atoms with Crippen LogP contribution in [0.3, 0.4) is 0 Å². The molecule has 0 radical (unpaired) electrons. The molecule has 0 atom stereocenters. The summed E-state index contributed by atoms with van der Waals surface area (Å²) in [7, 11) is 0. The van der Waals surface area contributed by atoms with E-state index in [-0.39, 0.29) is 24.7 Å². The first-order chi connectivity index (χ1) is 9.99. The van der Waals surface area contributed by atoms with E-state index in [1.54, 1.807) is 6.21 Å². The highest BCUT2D eigenvalue weighted by atomic mass is 16.7. The molecule has 0 spiro atoms. The Morgan fingerprint density at radius 3 is 2.33 bits per heavy atom. The predicted octanol–water partition coefficient (Wildman–Crippen LogP) is 4.76. The molecule has 120 valence electrons. The number of rotatable bonds is 9. The molecule has 0 heterocycles. The molecule has 0 N–H and O–H groups in total. The second-order valence-electron chi connectivity index (χ2n) is 5.47. The lowest BCUT2D eigenvalue weighted by atomic mass is 9.96. The Kier molecular flexibility index (Phi) is 11.3. The van der Waals surface area contributed by atoms with Crippen molar-refractivity contribution >= 4 is 12.4 Å². The number of aliphatic imine (C=N–C) groups is 1. The molecule has 0 fully saturated rings. The van der Waals surface area contributed by atoms with Crippen molar-refractivity contribution < 1.29 is 14.3 Å². The number of allylic oxidation sites excluding steroid dienone is 4. The van der Waals surface area contributed by atoms with Gasteiger partial charge in [0.15, 0.2) is 6.73 Å². The van der Waals surface area contributed by atoms with E-state index < -0.39 is 6.16 Å². The highest BCUT2D eigenvalue weighted by molar-refractivity contribution is 5.71. The van der Waals surface area contributed by atoms with Crippen LogP contribution in [-0.2, 0) is 9.47 Å². The molecule has 21 heavy (non-hydrogen) atoms. The lowest BCUT2D eigenvalue weighted by molar-refractivity contribution is -0.00927. The van der Waals surface area contributed by atoms with Crippen LogP contribution in [-0.4, -0.2) is 25.2 Å². The van der Waals surface area contributed by atoms with E-state index in [9.17, 15) is 4.79 Å². The third-order valence-electron chi connectivity index (χ3n) is 2.81. The summed E-state index contributed by atoms with van der Waals surface area (Å²) in [6, 6.07) is 0. The summed E-state index contributed by atoms with van der Waals surface area (Å²) < 4.78 is 10.2.